The van der Waals surface area contributed by atoms with E-state index in [1.54, 1.807) is 6.07 Å². The minimum atomic E-state index is -3.53. The van der Waals surface area contributed by atoms with Crippen LogP contribution in [0.1, 0.15) is 0 Å². The number of thiol groups is 1. The Morgan fingerprint density at radius 1 is 1.10 bits per heavy atom. The summed E-state index contributed by atoms with van der Waals surface area (Å²) in [5.74, 6) is -1.81. The van der Waals surface area contributed by atoms with Crippen LogP contribution in [-0.2, 0) is 10.0 Å². The third kappa shape index (κ3) is 4.33. The van der Waals surface area contributed by atoms with Crippen molar-refractivity contribution >= 4 is 28.3 Å². The van der Waals surface area contributed by atoms with Crippen LogP contribution in [-0.4, -0.2) is 14.7 Å². The molecule has 0 radical (unpaired) electrons. The van der Waals surface area contributed by atoms with Crippen LogP contribution in [0.4, 0.5) is 14.5 Å². The van der Waals surface area contributed by atoms with Crippen molar-refractivity contribution in [3.05, 3.63) is 48.0 Å². The third-order valence-electron chi connectivity index (χ3n) is 2.37. The zero-order valence-electron chi connectivity index (χ0n) is 10.8. The fraction of sp³-hybridized carbons (Fsp3) is 0.0769. The molecule has 0 amide bonds. The fourth-order valence-electron chi connectivity index (χ4n) is 1.56. The highest BCUT2D eigenvalue weighted by Crippen LogP contribution is 2.33. The van der Waals surface area contributed by atoms with Gasteiger partial charge >= 0.3 is 0 Å². The molecule has 0 heterocycles. The van der Waals surface area contributed by atoms with E-state index in [2.05, 4.69) is 17.4 Å². The van der Waals surface area contributed by atoms with Crippen molar-refractivity contribution in [2.75, 3.05) is 11.0 Å². The Morgan fingerprint density at radius 2 is 1.81 bits per heavy atom. The molecule has 112 valence electrons. The van der Waals surface area contributed by atoms with Crippen molar-refractivity contribution in [3.63, 3.8) is 0 Å². The van der Waals surface area contributed by atoms with Gasteiger partial charge in [0.2, 0.25) is 10.0 Å². The predicted octanol–water partition coefficient (Wildman–Crippen LogP) is 3.42. The first-order valence-corrected chi connectivity index (χ1v) is 8.02. The predicted molar refractivity (Wildman–Crippen MR) is 78.6 cm³/mol. The van der Waals surface area contributed by atoms with Crippen molar-refractivity contribution in [3.8, 4) is 11.5 Å². The maximum atomic E-state index is 13.6. The lowest BCUT2D eigenvalue weighted by Gasteiger charge is -2.13. The number of ether oxygens (including phenoxy) is 1. The molecule has 0 aromatic heterocycles. The molecule has 0 fully saturated rings. The van der Waals surface area contributed by atoms with Gasteiger partial charge in [0.05, 0.1) is 11.9 Å². The summed E-state index contributed by atoms with van der Waals surface area (Å²) < 4.78 is 56.6. The number of rotatable bonds is 4. The lowest BCUT2D eigenvalue weighted by Crippen LogP contribution is -2.10. The van der Waals surface area contributed by atoms with Crippen molar-refractivity contribution in [1.29, 1.82) is 0 Å². The molecule has 0 bridgehead atoms. The van der Waals surface area contributed by atoms with Crippen LogP contribution in [0.25, 0.3) is 0 Å². The van der Waals surface area contributed by atoms with E-state index in [1.807, 2.05) is 0 Å². The van der Waals surface area contributed by atoms with Crippen molar-refractivity contribution in [2.45, 2.75) is 4.90 Å². The molecule has 4 nitrogen and oxygen atoms in total. The van der Waals surface area contributed by atoms with Crippen molar-refractivity contribution < 1.29 is 21.9 Å². The molecule has 1 N–H and O–H groups in total. The molecule has 0 saturated heterocycles. The van der Waals surface area contributed by atoms with Crippen LogP contribution < -0.4 is 9.46 Å². The second-order valence-electron chi connectivity index (χ2n) is 4.23. The van der Waals surface area contributed by atoms with E-state index in [0.717, 1.165) is 18.4 Å². The van der Waals surface area contributed by atoms with Gasteiger partial charge in [-0.2, -0.15) is 0 Å². The molecule has 0 aliphatic carbocycles. The smallest absolute Gasteiger partial charge is 0.229 e. The summed E-state index contributed by atoms with van der Waals surface area (Å²) in [7, 11) is -3.53. The number of sulfonamides is 1. The van der Waals surface area contributed by atoms with Gasteiger partial charge in [-0.05, 0) is 30.3 Å². The summed E-state index contributed by atoms with van der Waals surface area (Å²) in [6, 6.07) is 7.21. The first-order valence-electron chi connectivity index (χ1n) is 5.68. The summed E-state index contributed by atoms with van der Waals surface area (Å²) >= 11 is 4.11. The number of nitrogens with one attached hydrogen (secondary N) is 1. The summed E-state index contributed by atoms with van der Waals surface area (Å²) in [5.41, 5.74) is 0.124. The number of halogens is 2. The van der Waals surface area contributed by atoms with Gasteiger partial charge in [0.15, 0.2) is 17.3 Å². The highest BCUT2D eigenvalue weighted by Gasteiger charge is 2.12. The average molecular weight is 331 g/mol. The standard InChI is InChI=1S/C13H11F2NO3S2/c1-21(17,18)16-11-4-3-9(20)7-13(11)19-12-5-2-8(14)6-10(12)15/h2-7,16,20H,1H3. The van der Waals surface area contributed by atoms with Crippen molar-refractivity contribution in [1.82, 2.24) is 0 Å². The van der Waals surface area contributed by atoms with E-state index in [0.29, 0.717) is 11.0 Å². The van der Waals surface area contributed by atoms with Gasteiger partial charge in [0, 0.05) is 11.0 Å². The Balaban J connectivity index is 2.40. The summed E-state index contributed by atoms with van der Waals surface area (Å²) in [5, 5.41) is 0. The lowest BCUT2D eigenvalue weighted by atomic mass is 10.3. The highest BCUT2D eigenvalue weighted by molar-refractivity contribution is 7.92. The summed E-state index contributed by atoms with van der Waals surface area (Å²) in [6.45, 7) is 0. The fourth-order valence-corrected chi connectivity index (χ4v) is 2.32. The molecule has 2 aromatic carbocycles. The third-order valence-corrected chi connectivity index (χ3v) is 3.24. The summed E-state index contributed by atoms with van der Waals surface area (Å²) in [6.07, 6.45) is 0.976. The topological polar surface area (TPSA) is 55.4 Å². The minimum Gasteiger partial charge on any atom is -0.452 e. The molecular formula is C13H11F2NO3S2. The van der Waals surface area contributed by atoms with Gasteiger partial charge in [-0.3, -0.25) is 4.72 Å². The van der Waals surface area contributed by atoms with E-state index >= 15 is 0 Å². The Kier molecular flexibility index (Phi) is 4.38. The van der Waals surface area contributed by atoms with Crippen LogP contribution in [0, 0.1) is 11.6 Å². The van der Waals surface area contributed by atoms with E-state index in [1.165, 1.54) is 12.1 Å². The minimum absolute atomic E-state index is 0.0541. The van der Waals surface area contributed by atoms with Crippen LogP contribution in [0.2, 0.25) is 0 Å². The maximum Gasteiger partial charge on any atom is 0.229 e. The van der Waals surface area contributed by atoms with E-state index in [-0.39, 0.29) is 17.2 Å². The Labute approximate surface area is 126 Å². The second kappa shape index (κ2) is 5.90. The number of anilines is 1. The van der Waals surface area contributed by atoms with Gasteiger partial charge in [0.1, 0.15) is 5.82 Å². The number of benzene rings is 2. The van der Waals surface area contributed by atoms with E-state index in [9.17, 15) is 17.2 Å². The number of hydrogen-bond acceptors (Lipinski definition) is 4. The Morgan fingerprint density at radius 3 is 2.43 bits per heavy atom. The zero-order valence-corrected chi connectivity index (χ0v) is 12.5. The molecule has 2 aromatic rings. The first kappa shape index (κ1) is 15.6. The van der Waals surface area contributed by atoms with Gasteiger partial charge < -0.3 is 4.74 Å². The molecule has 0 saturated carbocycles. The van der Waals surface area contributed by atoms with E-state index in [4.69, 9.17) is 4.74 Å². The second-order valence-corrected chi connectivity index (χ2v) is 6.50. The van der Waals surface area contributed by atoms with Gasteiger partial charge in [0.25, 0.3) is 0 Å². The molecule has 2 rings (SSSR count). The number of hydrogen-bond donors (Lipinski definition) is 2. The van der Waals surface area contributed by atoms with Crippen LogP contribution in [0.3, 0.4) is 0 Å². The lowest BCUT2D eigenvalue weighted by molar-refractivity contribution is 0.438. The molecular weight excluding hydrogens is 320 g/mol. The van der Waals surface area contributed by atoms with Gasteiger partial charge in [-0.15, -0.1) is 12.6 Å². The van der Waals surface area contributed by atoms with E-state index < -0.39 is 21.7 Å². The normalized spacial score (nSPS) is 11.2. The monoisotopic (exact) mass is 331 g/mol. The first-order chi connectivity index (χ1) is 9.74. The van der Waals surface area contributed by atoms with Crippen LogP contribution >= 0.6 is 12.6 Å². The molecule has 0 aliphatic heterocycles. The van der Waals surface area contributed by atoms with Crippen LogP contribution in [0.15, 0.2) is 41.3 Å². The van der Waals surface area contributed by atoms with Crippen LogP contribution in [0.5, 0.6) is 11.5 Å². The van der Waals surface area contributed by atoms with Gasteiger partial charge in [-0.1, -0.05) is 0 Å². The molecule has 0 atom stereocenters. The average Bonchev–Trinajstić information content (AvgIpc) is 2.34. The largest absolute Gasteiger partial charge is 0.452 e. The SMILES string of the molecule is CS(=O)(=O)Nc1ccc(S)cc1Oc1ccc(F)cc1F. The molecule has 8 heteroatoms. The quantitative estimate of drug-likeness (QED) is 0.844. The molecule has 0 aliphatic rings. The highest BCUT2D eigenvalue weighted by atomic mass is 32.2. The Bertz CT molecular complexity index is 779. The maximum absolute atomic E-state index is 13.6. The van der Waals surface area contributed by atoms with Crippen molar-refractivity contribution in [2.24, 2.45) is 0 Å². The molecule has 0 spiro atoms. The molecule has 21 heavy (non-hydrogen) atoms. The Hall–Kier alpha value is -1.80. The summed E-state index contributed by atoms with van der Waals surface area (Å²) in [4.78, 5) is 0.492. The van der Waals surface area contributed by atoms with Gasteiger partial charge in [-0.25, -0.2) is 17.2 Å². The zero-order chi connectivity index (χ0) is 15.6. The molecule has 0 unspecified atom stereocenters.